The molecular formula is C13H17NO2. The molecule has 0 saturated heterocycles. The predicted molar refractivity (Wildman–Crippen MR) is 61.7 cm³/mol. The highest BCUT2D eigenvalue weighted by Gasteiger charge is 2.42. The van der Waals surface area contributed by atoms with Gasteiger partial charge in [0.15, 0.2) is 11.5 Å². The van der Waals surface area contributed by atoms with Crippen LogP contribution in [0.1, 0.15) is 25.3 Å². The highest BCUT2D eigenvalue weighted by Crippen LogP contribution is 2.48. The van der Waals surface area contributed by atoms with Crippen molar-refractivity contribution in [2.45, 2.75) is 25.2 Å². The largest absolute Gasteiger partial charge is 0.454 e. The standard InChI is InChI=1S/C13H17NO2/c1-9-5-13(6-9,7-14)10-2-3-11-12(4-10)16-8-15-11/h2-4,9H,5-8,14H2,1H3. The number of hydrogen-bond donors (Lipinski definition) is 1. The van der Waals surface area contributed by atoms with Gasteiger partial charge in [-0.3, -0.25) is 0 Å². The van der Waals surface area contributed by atoms with Gasteiger partial charge in [-0.1, -0.05) is 13.0 Å². The van der Waals surface area contributed by atoms with Crippen molar-refractivity contribution >= 4 is 0 Å². The van der Waals surface area contributed by atoms with Gasteiger partial charge in [-0.05, 0) is 36.5 Å². The summed E-state index contributed by atoms with van der Waals surface area (Å²) >= 11 is 0. The van der Waals surface area contributed by atoms with E-state index in [4.69, 9.17) is 15.2 Å². The summed E-state index contributed by atoms with van der Waals surface area (Å²) in [4.78, 5) is 0. The third kappa shape index (κ3) is 1.31. The summed E-state index contributed by atoms with van der Waals surface area (Å²) in [6.07, 6.45) is 2.37. The van der Waals surface area contributed by atoms with Crippen LogP contribution in [0.3, 0.4) is 0 Å². The van der Waals surface area contributed by atoms with Crippen molar-refractivity contribution in [3.05, 3.63) is 23.8 Å². The van der Waals surface area contributed by atoms with E-state index in [1.54, 1.807) is 0 Å². The second-order valence-electron chi connectivity index (χ2n) is 5.07. The molecule has 0 spiro atoms. The van der Waals surface area contributed by atoms with Crippen LogP contribution in [0, 0.1) is 5.92 Å². The summed E-state index contributed by atoms with van der Waals surface area (Å²) < 4.78 is 10.7. The lowest BCUT2D eigenvalue weighted by Crippen LogP contribution is -2.46. The van der Waals surface area contributed by atoms with Gasteiger partial charge in [-0.15, -0.1) is 0 Å². The molecule has 1 aliphatic heterocycles. The molecule has 1 heterocycles. The van der Waals surface area contributed by atoms with E-state index in [2.05, 4.69) is 19.1 Å². The van der Waals surface area contributed by atoms with Crippen LogP contribution in [0.15, 0.2) is 18.2 Å². The Morgan fingerprint density at radius 2 is 2.06 bits per heavy atom. The Bertz CT molecular complexity index is 410. The molecule has 0 aromatic heterocycles. The molecule has 1 aromatic rings. The van der Waals surface area contributed by atoms with E-state index in [1.165, 1.54) is 18.4 Å². The highest BCUT2D eigenvalue weighted by molar-refractivity contribution is 5.47. The minimum absolute atomic E-state index is 0.181. The third-order valence-electron chi connectivity index (χ3n) is 3.85. The molecule has 3 heteroatoms. The molecule has 0 amide bonds. The van der Waals surface area contributed by atoms with Gasteiger partial charge in [0, 0.05) is 12.0 Å². The zero-order valence-electron chi connectivity index (χ0n) is 9.53. The van der Waals surface area contributed by atoms with E-state index in [1.807, 2.05) is 6.07 Å². The third-order valence-corrected chi connectivity index (χ3v) is 3.85. The molecule has 2 aliphatic rings. The summed E-state index contributed by atoms with van der Waals surface area (Å²) in [7, 11) is 0. The van der Waals surface area contributed by atoms with Crippen LogP contribution in [0.4, 0.5) is 0 Å². The molecule has 1 aliphatic carbocycles. The molecule has 86 valence electrons. The first-order valence-corrected chi connectivity index (χ1v) is 5.84. The number of benzene rings is 1. The lowest BCUT2D eigenvalue weighted by Gasteiger charge is -2.46. The maximum atomic E-state index is 5.94. The summed E-state index contributed by atoms with van der Waals surface area (Å²) in [6, 6.07) is 6.23. The van der Waals surface area contributed by atoms with Gasteiger partial charge in [-0.2, -0.15) is 0 Å². The van der Waals surface area contributed by atoms with Gasteiger partial charge in [0.2, 0.25) is 6.79 Å². The molecule has 3 nitrogen and oxygen atoms in total. The fourth-order valence-corrected chi connectivity index (χ4v) is 3.02. The van der Waals surface area contributed by atoms with Gasteiger partial charge in [-0.25, -0.2) is 0 Å². The Hall–Kier alpha value is -1.22. The van der Waals surface area contributed by atoms with Gasteiger partial charge >= 0.3 is 0 Å². The second kappa shape index (κ2) is 3.39. The molecule has 1 saturated carbocycles. The second-order valence-corrected chi connectivity index (χ2v) is 5.07. The smallest absolute Gasteiger partial charge is 0.231 e. The lowest BCUT2D eigenvalue weighted by molar-refractivity contribution is 0.163. The first-order valence-electron chi connectivity index (χ1n) is 5.84. The Morgan fingerprint density at radius 3 is 2.75 bits per heavy atom. The van der Waals surface area contributed by atoms with Gasteiger partial charge in [0.1, 0.15) is 0 Å². The minimum atomic E-state index is 0.181. The van der Waals surface area contributed by atoms with Gasteiger partial charge in [0.05, 0.1) is 0 Å². The van der Waals surface area contributed by atoms with Crippen LogP contribution in [0.2, 0.25) is 0 Å². The van der Waals surface area contributed by atoms with E-state index >= 15 is 0 Å². The SMILES string of the molecule is CC1CC(CN)(c2ccc3c(c2)OCO3)C1. The molecule has 16 heavy (non-hydrogen) atoms. The van der Waals surface area contributed by atoms with E-state index in [9.17, 15) is 0 Å². The fraction of sp³-hybridized carbons (Fsp3) is 0.538. The first kappa shape index (κ1) is 9.97. The van der Waals surface area contributed by atoms with Crippen LogP contribution >= 0.6 is 0 Å². The molecule has 1 aromatic carbocycles. The Balaban J connectivity index is 1.94. The van der Waals surface area contributed by atoms with Crippen molar-refractivity contribution < 1.29 is 9.47 Å². The number of rotatable bonds is 2. The molecule has 1 fully saturated rings. The van der Waals surface area contributed by atoms with Crippen molar-refractivity contribution in [1.82, 2.24) is 0 Å². The van der Waals surface area contributed by atoms with Crippen molar-refractivity contribution in [2.75, 3.05) is 13.3 Å². The minimum Gasteiger partial charge on any atom is -0.454 e. The quantitative estimate of drug-likeness (QED) is 0.827. The van der Waals surface area contributed by atoms with Crippen LogP contribution < -0.4 is 15.2 Å². The zero-order chi connectivity index (χ0) is 11.2. The van der Waals surface area contributed by atoms with Crippen LogP contribution in [0.25, 0.3) is 0 Å². The predicted octanol–water partition coefficient (Wildman–Crippen LogP) is 2.04. The average Bonchev–Trinajstić information content (AvgIpc) is 2.71. The van der Waals surface area contributed by atoms with Crippen LogP contribution in [-0.4, -0.2) is 13.3 Å². The summed E-state index contributed by atoms with van der Waals surface area (Å²) in [5.41, 5.74) is 7.42. The van der Waals surface area contributed by atoms with Gasteiger partial charge in [0.25, 0.3) is 0 Å². The van der Waals surface area contributed by atoms with Crippen molar-refractivity contribution in [2.24, 2.45) is 11.7 Å². The number of nitrogens with two attached hydrogens (primary N) is 1. The average molecular weight is 219 g/mol. The molecule has 3 rings (SSSR count). The monoisotopic (exact) mass is 219 g/mol. The van der Waals surface area contributed by atoms with E-state index in [0.717, 1.165) is 24.0 Å². The number of ether oxygens (including phenoxy) is 2. The van der Waals surface area contributed by atoms with E-state index in [0.29, 0.717) is 6.79 Å². The summed E-state index contributed by atoms with van der Waals surface area (Å²) in [6.45, 7) is 3.34. The van der Waals surface area contributed by atoms with E-state index < -0.39 is 0 Å². The first-order chi connectivity index (χ1) is 7.73. The Morgan fingerprint density at radius 1 is 1.31 bits per heavy atom. The zero-order valence-corrected chi connectivity index (χ0v) is 9.53. The maximum Gasteiger partial charge on any atom is 0.231 e. The summed E-state index contributed by atoms with van der Waals surface area (Å²) in [5.74, 6) is 2.50. The lowest BCUT2D eigenvalue weighted by atomic mass is 9.59. The van der Waals surface area contributed by atoms with Crippen molar-refractivity contribution in [3.8, 4) is 11.5 Å². The van der Waals surface area contributed by atoms with Crippen LogP contribution in [0.5, 0.6) is 11.5 Å². The van der Waals surface area contributed by atoms with E-state index in [-0.39, 0.29) is 5.41 Å². The molecule has 0 bridgehead atoms. The Kier molecular flexibility index (Phi) is 2.11. The topological polar surface area (TPSA) is 44.5 Å². The van der Waals surface area contributed by atoms with Crippen molar-refractivity contribution in [1.29, 1.82) is 0 Å². The molecule has 0 radical (unpaired) electrons. The number of hydrogen-bond acceptors (Lipinski definition) is 3. The van der Waals surface area contributed by atoms with Crippen molar-refractivity contribution in [3.63, 3.8) is 0 Å². The molecule has 0 unspecified atom stereocenters. The fourth-order valence-electron chi connectivity index (χ4n) is 3.02. The summed E-state index contributed by atoms with van der Waals surface area (Å²) in [5, 5.41) is 0. The van der Waals surface area contributed by atoms with Gasteiger partial charge < -0.3 is 15.2 Å². The number of fused-ring (bicyclic) bond motifs is 1. The molecular weight excluding hydrogens is 202 g/mol. The molecule has 2 N–H and O–H groups in total. The Labute approximate surface area is 95.5 Å². The van der Waals surface area contributed by atoms with Crippen LogP contribution in [-0.2, 0) is 5.41 Å². The normalized spacial score (nSPS) is 31.2. The molecule has 0 atom stereocenters. The highest BCUT2D eigenvalue weighted by atomic mass is 16.7. The maximum absolute atomic E-state index is 5.94.